The summed E-state index contributed by atoms with van der Waals surface area (Å²) in [6.45, 7) is 7.03. The van der Waals surface area contributed by atoms with Gasteiger partial charge in [-0.3, -0.25) is 5.41 Å². The van der Waals surface area contributed by atoms with Crippen LogP contribution in [0.1, 0.15) is 37.3 Å². The van der Waals surface area contributed by atoms with Crippen LogP contribution >= 0.6 is 0 Å². The summed E-state index contributed by atoms with van der Waals surface area (Å²) >= 11 is 0. The van der Waals surface area contributed by atoms with Crippen LogP contribution in [0.3, 0.4) is 0 Å². The molecular formula is C16H25N3O. The van der Waals surface area contributed by atoms with E-state index in [0.717, 1.165) is 43.7 Å². The van der Waals surface area contributed by atoms with Gasteiger partial charge in [-0.25, -0.2) is 0 Å². The Hall–Kier alpha value is -1.55. The van der Waals surface area contributed by atoms with Gasteiger partial charge in [0, 0.05) is 30.9 Å². The Balaban J connectivity index is 2.07. The van der Waals surface area contributed by atoms with Crippen LogP contribution in [0.5, 0.6) is 0 Å². The third-order valence-electron chi connectivity index (χ3n) is 3.80. The van der Waals surface area contributed by atoms with Gasteiger partial charge in [-0.2, -0.15) is 0 Å². The third kappa shape index (κ3) is 3.51. The van der Waals surface area contributed by atoms with Gasteiger partial charge >= 0.3 is 0 Å². The van der Waals surface area contributed by atoms with Crippen molar-refractivity contribution in [1.29, 1.82) is 5.41 Å². The van der Waals surface area contributed by atoms with Crippen LogP contribution in [-0.2, 0) is 4.74 Å². The Morgan fingerprint density at radius 2 is 2.30 bits per heavy atom. The van der Waals surface area contributed by atoms with E-state index in [4.69, 9.17) is 15.9 Å². The molecule has 1 saturated heterocycles. The van der Waals surface area contributed by atoms with Crippen LogP contribution < -0.4 is 10.6 Å². The number of amidine groups is 1. The van der Waals surface area contributed by atoms with Crippen LogP contribution in [-0.4, -0.2) is 31.6 Å². The number of ether oxygens (including phenoxy) is 1. The summed E-state index contributed by atoms with van der Waals surface area (Å²) in [5.41, 5.74) is 8.66. The molecule has 1 fully saturated rings. The van der Waals surface area contributed by atoms with E-state index in [1.165, 1.54) is 12.1 Å². The standard InChI is InChI=1S/C16H25N3O/c1-3-9-20-14-5-4-8-19(11-14)13-6-7-15(16(17)18)12(2)10-13/h6-7,10,14H,3-5,8-9,11H2,1-2H3,(H3,17,18). The van der Waals surface area contributed by atoms with E-state index >= 15 is 0 Å². The molecule has 3 N–H and O–H groups in total. The van der Waals surface area contributed by atoms with Gasteiger partial charge in [-0.15, -0.1) is 0 Å². The molecule has 0 amide bonds. The lowest BCUT2D eigenvalue weighted by Crippen LogP contribution is -2.39. The lowest BCUT2D eigenvalue weighted by molar-refractivity contribution is 0.0440. The second kappa shape index (κ2) is 6.75. The number of nitrogens with one attached hydrogen (secondary N) is 1. The molecule has 4 nitrogen and oxygen atoms in total. The van der Waals surface area contributed by atoms with Gasteiger partial charge in [-0.05, 0) is 49.9 Å². The first-order valence-electron chi connectivity index (χ1n) is 7.43. The number of nitrogens with two attached hydrogens (primary N) is 1. The van der Waals surface area contributed by atoms with Gasteiger partial charge in [0.2, 0.25) is 0 Å². The topological polar surface area (TPSA) is 62.3 Å². The number of hydrogen-bond donors (Lipinski definition) is 2. The fourth-order valence-corrected chi connectivity index (χ4v) is 2.74. The molecule has 1 aliphatic heterocycles. The molecule has 110 valence electrons. The van der Waals surface area contributed by atoms with Crippen molar-refractivity contribution in [3.8, 4) is 0 Å². The van der Waals surface area contributed by atoms with Crippen molar-refractivity contribution >= 4 is 11.5 Å². The fraction of sp³-hybridized carbons (Fsp3) is 0.562. The molecule has 2 rings (SSSR count). The molecular weight excluding hydrogens is 250 g/mol. The molecule has 0 bridgehead atoms. The molecule has 1 aliphatic rings. The number of aryl methyl sites for hydroxylation is 1. The van der Waals surface area contributed by atoms with Crippen molar-refractivity contribution in [2.45, 2.75) is 39.2 Å². The van der Waals surface area contributed by atoms with Crippen LogP contribution in [0.25, 0.3) is 0 Å². The normalized spacial score (nSPS) is 19.1. The molecule has 1 aromatic rings. The molecule has 0 saturated carbocycles. The third-order valence-corrected chi connectivity index (χ3v) is 3.80. The average molecular weight is 275 g/mol. The van der Waals surface area contributed by atoms with Gasteiger partial charge in [0.1, 0.15) is 5.84 Å². The van der Waals surface area contributed by atoms with Crippen LogP contribution in [0, 0.1) is 12.3 Å². The summed E-state index contributed by atoms with van der Waals surface area (Å²) in [4.78, 5) is 2.38. The zero-order chi connectivity index (χ0) is 14.5. The van der Waals surface area contributed by atoms with E-state index in [-0.39, 0.29) is 5.84 Å². The fourth-order valence-electron chi connectivity index (χ4n) is 2.74. The Bertz CT molecular complexity index is 473. The zero-order valence-corrected chi connectivity index (χ0v) is 12.5. The lowest BCUT2D eigenvalue weighted by Gasteiger charge is -2.34. The predicted octanol–water partition coefficient (Wildman–Crippen LogP) is 2.67. The Morgan fingerprint density at radius 3 is 2.95 bits per heavy atom. The van der Waals surface area contributed by atoms with Gasteiger partial charge in [-0.1, -0.05) is 6.92 Å². The highest BCUT2D eigenvalue weighted by atomic mass is 16.5. The first-order chi connectivity index (χ1) is 9.61. The SMILES string of the molecule is CCCOC1CCCN(c2ccc(C(=N)N)c(C)c2)C1. The molecule has 0 radical (unpaired) electrons. The first kappa shape index (κ1) is 14.9. The van der Waals surface area contributed by atoms with Crippen LogP contribution in [0.2, 0.25) is 0 Å². The predicted molar refractivity (Wildman–Crippen MR) is 83.7 cm³/mol. The maximum Gasteiger partial charge on any atom is 0.123 e. The second-order valence-corrected chi connectivity index (χ2v) is 5.49. The molecule has 1 aromatic carbocycles. The van der Waals surface area contributed by atoms with Crippen LogP contribution in [0.15, 0.2) is 18.2 Å². The second-order valence-electron chi connectivity index (χ2n) is 5.49. The largest absolute Gasteiger partial charge is 0.384 e. The highest BCUT2D eigenvalue weighted by Gasteiger charge is 2.20. The van der Waals surface area contributed by atoms with Crippen molar-refractivity contribution in [2.75, 3.05) is 24.6 Å². The zero-order valence-electron chi connectivity index (χ0n) is 12.5. The van der Waals surface area contributed by atoms with Crippen molar-refractivity contribution in [2.24, 2.45) is 5.73 Å². The quantitative estimate of drug-likeness (QED) is 0.641. The van der Waals surface area contributed by atoms with Gasteiger partial charge in [0.15, 0.2) is 0 Å². The highest BCUT2D eigenvalue weighted by molar-refractivity contribution is 5.96. The van der Waals surface area contributed by atoms with E-state index in [1.54, 1.807) is 0 Å². The van der Waals surface area contributed by atoms with E-state index in [2.05, 4.69) is 24.0 Å². The first-order valence-corrected chi connectivity index (χ1v) is 7.43. The summed E-state index contributed by atoms with van der Waals surface area (Å²) in [5, 5.41) is 7.54. The van der Waals surface area contributed by atoms with Gasteiger partial charge in [0.05, 0.1) is 6.10 Å². The summed E-state index contributed by atoms with van der Waals surface area (Å²) in [5.74, 6) is 0.136. The minimum atomic E-state index is 0.136. The van der Waals surface area contributed by atoms with E-state index in [1.807, 2.05) is 13.0 Å². The molecule has 20 heavy (non-hydrogen) atoms. The lowest BCUT2D eigenvalue weighted by atomic mass is 10.0. The number of nitrogen functional groups attached to an aromatic ring is 1. The average Bonchev–Trinajstić information content (AvgIpc) is 2.45. The molecule has 1 atom stereocenters. The van der Waals surface area contributed by atoms with Crippen molar-refractivity contribution in [1.82, 2.24) is 0 Å². The monoisotopic (exact) mass is 275 g/mol. The minimum absolute atomic E-state index is 0.136. The number of benzene rings is 1. The Morgan fingerprint density at radius 1 is 1.50 bits per heavy atom. The number of rotatable bonds is 5. The highest BCUT2D eigenvalue weighted by Crippen LogP contribution is 2.24. The number of anilines is 1. The van der Waals surface area contributed by atoms with Gasteiger partial charge < -0.3 is 15.4 Å². The molecule has 0 aliphatic carbocycles. The number of piperidine rings is 1. The Kier molecular flexibility index (Phi) is 5.01. The maximum atomic E-state index is 7.54. The van der Waals surface area contributed by atoms with Crippen molar-refractivity contribution in [3.05, 3.63) is 29.3 Å². The summed E-state index contributed by atoms with van der Waals surface area (Å²) in [6, 6.07) is 6.13. The van der Waals surface area contributed by atoms with Crippen LogP contribution in [0.4, 0.5) is 5.69 Å². The number of nitrogens with zero attached hydrogens (tertiary/aromatic N) is 1. The van der Waals surface area contributed by atoms with Crippen molar-refractivity contribution < 1.29 is 4.74 Å². The summed E-state index contributed by atoms with van der Waals surface area (Å²) in [7, 11) is 0. The molecule has 1 unspecified atom stereocenters. The molecule has 4 heteroatoms. The van der Waals surface area contributed by atoms with E-state index in [0.29, 0.717) is 6.10 Å². The molecule has 0 spiro atoms. The Labute approximate surface area is 121 Å². The number of hydrogen-bond acceptors (Lipinski definition) is 3. The molecule has 1 heterocycles. The van der Waals surface area contributed by atoms with E-state index < -0.39 is 0 Å². The van der Waals surface area contributed by atoms with Crippen molar-refractivity contribution in [3.63, 3.8) is 0 Å². The summed E-state index contributed by atoms with van der Waals surface area (Å²) in [6.07, 6.45) is 3.74. The smallest absolute Gasteiger partial charge is 0.123 e. The maximum absolute atomic E-state index is 7.54. The summed E-state index contributed by atoms with van der Waals surface area (Å²) < 4.78 is 5.88. The van der Waals surface area contributed by atoms with Gasteiger partial charge in [0.25, 0.3) is 0 Å². The molecule has 0 aromatic heterocycles. The van der Waals surface area contributed by atoms with E-state index in [9.17, 15) is 0 Å². The minimum Gasteiger partial charge on any atom is -0.384 e.